The Balaban J connectivity index is 1.46. The van der Waals surface area contributed by atoms with E-state index in [1.807, 2.05) is 37.3 Å². The molecule has 4 rings (SSSR count). The number of aryl methyl sites for hydroxylation is 1. The number of nitrogens with one attached hydrogen (secondary N) is 1. The number of aromatic nitrogens is 1. The number of hydrogen-bond acceptors (Lipinski definition) is 9. The molecule has 39 heavy (non-hydrogen) atoms. The van der Waals surface area contributed by atoms with Crippen LogP contribution in [0, 0.1) is 6.92 Å². The molecule has 1 aliphatic heterocycles. The van der Waals surface area contributed by atoms with Crippen LogP contribution in [0.25, 0.3) is 10.9 Å². The molecule has 2 atom stereocenters. The number of sulfone groups is 1. The van der Waals surface area contributed by atoms with Gasteiger partial charge < -0.3 is 24.6 Å². The number of ether oxygens (including phenoxy) is 3. The van der Waals surface area contributed by atoms with Gasteiger partial charge in [-0.2, -0.15) is 13.2 Å². The average Bonchev–Trinajstić information content (AvgIpc) is 2.88. The standard InChI is InChI=1S/C25H23F3N2O8S/c1-15-9-16(19-7-2-3-8-20(19)29-15)11-36-17-5-4-6-18(10-17)39(34,35)14-24(13-38-22(24)32)30-21(31)12-37-23(33)25(26,27)28/h2-10,22,32H,11-14H2,1H3,(H,30,31). The average molecular weight is 569 g/mol. The van der Waals surface area contributed by atoms with Crippen LogP contribution in [0.15, 0.2) is 59.5 Å². The lowest BCUT2D eigenvalue weighted by Gasteiger charge is -2.45. The van der Waals surface area contributed by atoms with Crippen molar-refractivity contribution in [3.63, 3.8) is 0 Å². The summed E-state index contributed by atoms with van der Waals surface area (Å²) in [7, 11) is -4.19. The molecule has 0 bridgehead atoms. The Bertz CT molecular complexity index is 1510. The van der Waals surface area contributed by atoms with Crippen molar-refractivity contribution >= 4 is 32.6 Å². The third-order valence-electron chi connectivity index (χ3n) is 5.86. The van der Waals surface area contributed by atoms with Gasteiger partial charge in [0, 0.05) is 16.6 Å². The number of hydrogen-bond donors (Lipinski definition) is 2. The minimum Gasteiger partial charge on any atom is -0.489 e. The van der Waals surface area contributed by atoms with E-state index in [1.54, 1.807) is 6.07 Å². The van der Waals surface area contributed by atoms with Gasteiger partial charge >= 0.3 is 12.1 Å². The fourth-order valence-electron chi connectivity index (χ4n) is 3.99. The molecule has 3 aromatic rings. The van der Waals surface area contributed by atoms with Gasteiger partial charge in [-0.25, -0.2) is 13.2 Å². The Labute approximate surface area is 220 Å². The second kappa shape index (κ2) is 10.8. The smallest absolute Gasteiger partial charge is 0.489 e. The second-order valence-corrected chi connectivity index (χ2v) is 10.9. The SMILES string of the molecule is Cc1cc(COc2cccc(S(=O)(=O)CC3(NC(=O)COC(=O)C(F)(F)F)COC3O)c2)c2ccccc2n1. The van der Waals surface area contributed by atoms with Gasteiger partial charge in [-0.1, -0.05) is 24.3 Å². The first kappa shape index (κ1) is 28.3. The number of benzene rings is 2. The molecule has 208 valence electrons. The molecule has 2 unspecified atom stereocenters. The van der Waals surface area contributed by atoms with E-state index < -0.39 is 58.7 Å². The Morgan fingerprint density at radius 2 is 1.92 bits per heavy atom. The maximum absolute atomic E-state index is 13.2. The number of fused-ring (bicyclic) bond motifs is 1. The Morgan fingerprint density at radius 3 is 2.59 bits per heavy atom. The van der Waals surface area contributed by atoms with Crippen LogP contribution >= 0.6 is 0 Å². The van der Waals surface area contributed by atoms with Crippen molar-refractivity contribution < 1.29 is 50.5 Å². The number of alkyl halides is 3. The van der Waals surface area contributed by atoms with E-state index in [2.05, 4.69) is 15.0 Å². The first-order chi connectivity index (χ1) is 18.3. The molecule has 14 heteroatoms. The maximum Gasteiger partial charge on any atom is 0.490 e. The number of aliphatic hydroxyl groups excluding tert-OH is 1. The van der Waals surface area contributed by atoms with Gasteiger partial charge in [-0.15, -0.1) is 0 Å². The summed E-state index contributed by atoms with van der Waals surface area (Å²) >= 11 is 0. The predicted molar refractivity (Wildman–Crippen MR) is 129 cm³/mol. The van der Waals surface area contributed by atoms with Crippen LogP contribution in [0.4, 0.5) is 13.2 Å². The van der Waals surface area contributed by atoms with Crippen LogP contribution in [-0.4, -0.2) is 67.4 Å². The van der Waals surface area contributed by atoms with Crippen molar-refractivity contribution in [1.29, 1.82) is 0 Å². The number of rotatable bonds is 9. The topological polar surface area (TPSA) is 141 Å². The fraction of sp³-hybridized carbons (Fsp3) is 0.320. The molecule has 0 spiro atoms. The van der Waals surface area contributed by atoms with Gasteiger partial charge in [0.15, 0.2) is 22.7 Å². The highest BCUT2D eigenvalue weighted by atomic mass is 32.2. The van der Waals surface area contributed by atoms with E-state index in [9.17, 15) is 36.3 Å². The van der Waals surface area contributed by atoms with Crippen molar-refractivity contribution in [2.75, 3.05) is 19.0 Å². The van der Waals surface area contributed by atoms with Crippen LogP contribution < -0.4 is 10.1 Å². The molecular formula is C25H23F3N2O8S. The van der Waals surface area contributed by atoms with Crippen molar-refractivity contribution in [2.45, 2.75) is 36.4 Å². The van der Waals surface area contributed by atoms with Crippen LogP contribution in [-0.2, 0) is 35.5 Å². The number of aliphatic hydroxyl groups is 1. The highest BCUT2D eigenvalue weighted by Gasteiger charge is 2.52. The largest absolute Gasteiger partial charge is 0.490 e. The Hall–Kier alpha value is -3.75. The number of carbonyl (C=O) groups is 2. The van der Waals surface area contributed by atoms with E-state index in [1.165, 1.54) is 18.2 Å². The molecular weight excluding hydrogens is 545 g/mol. The lowest BCUT2D eigenvalue weighted by molar-refractivity contribution is -0.248. The minimum atomic E-state index is -5.31. The molecule has 1 amide bonds. The van der Waals surface area contributed by atoms with Crippen LogP contribution in [0.1, 0.15) is 11.3 Å². The molecule has 1 fully saturated rings. The van der Waals surface area contributed by atoms with Crippen molar-refractivity contribution in [1.82, 2.24) is 10.3 Å². The molecule has 2 aromatic carbocycles. The number of esters is 1. The van der Waals surface area contributed by atoms with E-state index in [0.29, 0.717) is 0 Å². The van der Waals surface area contributed by atoms with E-state index in [-0.39, 0.29) is 17.3 Å². The van der Waals surface area contributed by atoms with Crippen LogP contribution in [0.2, 0.25) is 0 Å². The summed E-state index contributed by atoms with van der Waals surface area (Å²) in [5.74, 6) is -4.45. The lowest BCUT2D eigenvalue weighted by atomic mass is 9.97. The third-order valence-corrected chi connectivity index (χ3v) is 7.73. The quantitative estimate of drug-likeness (QED) is 0.372. The molecule has 1 aliphatic rings. The predicted octanol–water partition coefficient (Wildman–Crippen LogP) is 2.21. The molecule has 2 N–H and O–H groups in total. The summed E-state index contributed by atoms with van der Waals surface area (Å²) in [5, 5.41) is 13.1. The summed E-state index contributed by atoms with van der Waals surface area (Å²) in [4.78, 5) is 27.2. The number of carbonyl (C=O) groups excluding carboxylic acids is 2. The molecule has 1 aromatic heterocycles. The van der Waals surface area contributed by atoms with E-state index in [0.717, 1.165) is 22.2 Å². The zero-order valence-corrected chi connectivity index (χ0v) is 21.2. The summed E-state index contributed by atoms with van der Waals surface area (Å²) in [5.41, 5.74) is 0.541. The van der Waals surface area contributed by atoms with Gasteiger partial charge in [-0.05, 0) is 37.3 Å². The Kier molecular flexibility index (Phi) is 7.82. The number of amides is 1. The van der Waals surface area contributed by atoms with Gasteiger partial charge in [0.1, 0.15) is 17.9 Å². The first-order valence-corrected chi connectivity index (χ1v) is 13.1. The molecule has 1 saturated heterocycles. The molecule has 2 heterocycles. The lowest BCUT2D eigenvalue weighted by Crippen LogP contribution is -2.71. The Morgan fingerprint density at radius 1 is 1.18 bits per heavy atom. The van der Waals surface area contributed by atoms with Gasteiger partial charge in [0.25, 0.3) is 5.91 Å². The highest BCUT2D eigenvalue weighted by molar-refractivity contribution is 7.91. The number of halogens is 3. The summed E-state index contributed by atoms with van der Waals surface area (Å²) < 4.78 is 77.8. The van der Waals surface area contributed by atoms with Gasteiger partial charge in [-0.3, -0.25) is 9.78 Å². The normalized spacial score (nSPS) is 19.3. The number of para-hydroxylation sites is 1. The van der Waals surface area contributed by atoms with E-state index in [4.69, 9.17) is 9.47 Å². The fourth-order valence-corrected chi connectivity index (χ4v) is 5.71. The van der Waals surface area contributed by atoms with Crippen molar-refractivity contribution in [2.24, 2.45) is 0 Å². The van der Waals surface area contributed by atoms with Gasteiger partial charge in [0.2, 0.25) is 0 Å². The minimum absolute atomic E-state index is 0.122. The molecule has 0 saturated carbocycles. The number of nitrogens with zero attached hydrogens (tertiary/aromatic N) is 1. The second-order valence-electron chi connectivity index (χ2n) is 8.90. The summed E-state index contributed by atoms with van der Waals surface area (Å²) in [6, 6.07) is 14.9. The van der Waals surface area contributed by atoms with E-state index >= 15 is 0 Å². The molecule has 0 aliphatic carbocycles. The van der Waals surface area contributed by atoms with Crippen LogP contribution in [0.3, 0.4) is 0 Å². The van der Waals surface area contributed by atoms with Crippen molar-refractivity contribution in [3.8, 4) is 5.75 Å². The first-order valence-electron chi connectivity index (χ1n) is 11.4. The number of pyridine rings is 1. The highest BCUT2D eigenvalue weighted by Crippen LogP contribution is 2.30. The monoisotopic (exact) mass is 568 g/mol. The summed E-state index contributed by atoms with van der Waals surface area (Å²) in [6.45, 7) is 0.184. The third kappa shape index (κ3) is 6.46. The van der Waals surface area contributed by atoms with Crippen LogP contribution in [0.5, 0.6) is 5.75 Å². The zero-order valence-electron chi connectivity index (χ0n) is 20.4. The maximum atomic E-state index is 13.2. The van der Waals surface area contributed by atoms with Crippen molar-refractivity contribution in [3.05, 3.63) is 65.9 Å². The molecule has 10 nitrogen and oxygen atoms in total. The zero-order chi connectivity index (χ0) is 28.4. The molecule has 0 radical (unpaired) electrons. The van der Waals surface area contributed by atoms with Gasteiger partial charge in [0.05, 0.1) is 22.8 Å². The summed E-state index contributed by atoms with van der Waals surface area (Å²) in [6.07, 6.45) is -7.08.